The molecule has 0 spiro atoms. The highest BCUT2D eigenvalue weighted by molar-refractivity contribution is 5.62. The highest BCUT2D eigenvalue weighted by Gasteiger charge is 2.07. The van der Waals surface area contributed by atoms with E-state index in [0.717, 1.165) is 29.8 Å². The first kappa shape index (κ1) is 14.2. The topological polar surface area (TPSA) is 17.8 Å². The van der Waals surface area contributed by atoms with E-state index in [2.05, 4.69) is 66.5 Å². The number of aryl methyl sites for hydroxylation is 2. The van der Waals surface area contributed by atoms with Crippen molar-refractivity contribution in [3.63, 3.8) is 0 Å². The molecule has 22 heavy (non-hydrogen) atoms. The van der Waals surface area contributed by atoms with Crippen molar-refractivity contribution in [2.45, 2.75) is 19.8 Å². The van der Waals surface area contributed by atoms with Gasteiger partial charge in [0.05, 0.1) is 17.6 Å². The smallest absolute Gasteiger partial charge is 0.0740 e. The molecule has 0 unspecified atom stereocenters. The van der Waals surface area contributed by atoms with Crippen molar-refractivity contribution in [1.29, 1.82) is 0 Å². The highest BCUT2D eigenvalue weighted by atomic mass is 15.3. The molecule has 2 aromatic carbocycles. The van der Waals surface area contributed by atoms with Crippen molar-refractivity contribution < 1.29 is 0 Å². The van der Waals surface area contributed by atoms with E-state index in [1.54, 1.807) is 0 Å². The Labute approximate surface area is 131 Å². The van der Waals surface area contributed by atoms with Gasteiger partial charge in [0.15, 0.2) is 0 Å². The summed E-state index contributed by atoms with van der Waals surface area (Å²) in [5.74, 6) is 2.68. The van der Waals surface area contributed by atoms with Gasteiger partial charge in [-0.15, -0.1) is 12.3 Å². The molecule has 0 fully saturated rings. The molecule has 0 radical (unpaired) electrons. The van der Waals surface area contributed by atoms with Crippen LogP contribution in [0.1, 0.15) is 17.5 Å². The quantitative estimate of drug-likeness (QED) is 0.649. The summed E-state index contributed by atoms with van der Waals surface area (Å²) in [6.07, 6.45) is 8.85. The third-order valence-electron chi connectivity index (χ3n) is 3.73. The van der Waals surface area contributed by atoms with Crippen LogP contribution in [0.4, 0.5) is 0 Å². The Morgan fingerprint density at radius 3 is 2.41 bits per heavy atom. The fraction of sp³-hybridized carbons (Fsp3) is 0.150. The third-order valence-corrected chi connectivity index (χ3v) is 3.73. The Balaban J connectivity index is 1.91. The molecule has 0 N–H and O–H groups in total. The largest absolute Gasteiger partial charge is 0.233 e. The molecule has 1 aromatic heterocycles. The molecule has 3 aromatic rings. The molecule has 0 amide bonds. The number of hydrogen-bond donors (Lipinski definition) is 0. The van der Waals surface area contributed by atoms with Gasteiger partial charge in [-0.05, 0) is 37.1 Å². The standard InChI is InChI=1S/C20H18N2/c1-3-4-5-17-8-10-18(11-9-17)20-14-15-21-22(20)19-12-6-16(2)7-13-19/h1,6-15H,4-5H2,2H3. The summed E-state index contributed by atoms with van der Waals surface area (Å²) in [7, 11) is 0. The minimum absolute atomic E-state index is 0.778. The first-order valence-corrected chi connectivity index (χ1v) is 7.42. The van der Waals surface area contributed by atoms with Gasteiger partial charge in [0.1, 0.15) is 0 Å². The molecule has 2 nitrogen and oxygen atoms in total. The van der Waals surface area contributed by atoms with Crippen LogP contribution in [0, 0.1) is 19.3 Å². The van der Waals surface area contributed by atoms with Crippen LogP contribution in [0.25, 0.3) is 16.9 Å². The summed E-state index contributed by atoms with van der Waals surface area (Å²) in [6, 6.07) is 19.0. The van der Waals surface area contributed by atoms with Gasteiger partial charge < -0.3 is 0 Å². The second kappa shape index (κ2) is 6.32. The summed E-state index contributed by atoms with van der Waals surface area (Å²) in [5.41, 5.74) is 5.83. The molecule has 0 saturated carbocycles. The molecule has 1 heterocycles. The molecule has 0 aliphatic heterocycles. The Morgan fingerprint density at radius 1 is 1.00 bits per heavy atom. The lowest BCUT2D eigenvalue weighted by Gasteiger charge is -2.09. The zero-order valence-electron chi connectivity index (χ0n) is 12.7. The summed E-state index contributed by atoms with van der Waals surface area (Å²) in [4.78, 5) is 0. The van der Waals surface area contributed by atoms with Crippen molar-refractivity contribution in [1.82, 2.24) is 9.78 Å². The fourth-order valence-corrected chi connectivity index (χ4v) is 2.47. The lowest BCUT2D eigenvalue weighted by Crippen LogP contribution is -1.98. The highest BCUT2D eigenvalue weighted by Crippen LogP contribution is 2.23. The van der Waals surface area contributed by atoms with Crippen LogP contribution in [0.15, 0.2) is 60.8 Å². The molecule has 0 bridgehead atoms. The lowest BCUT2D eigenvalue weighted by molar-refractivity contribution is 0.887. The second-order valence-electron chi connectivity index (χ2n) is 5.36. The monoisotopic (exact) mass is 286 g/mol. The van der Waals surface area contributed by atoms with Gasteiger partial charge in [-0.2, -0.15) is 5.10 Å². The molecule has 3 rings (SSSR count). The molecule has 0 aliphatic rings. The Bertz CT molecular complexity index is 787. The average molecular weight is 286 g/mol. The number of hydrogen-bond acceptors (Lipinski definition) is 1. The Morgan fingerprint density at radius 2 is 1.73 bits per heavy atom. The molecule has 108 valence electrons. The van der Waals surface area contributed by atoms with Crippen LogP contribution in [-0.4, -0.2) is 9.78 Å². The van der Waals surface area contributed by atoms with Crippen molar-refractivity contribution in [3.8, 4) is 29.3 Å². The van der Waals surface area contributed by atoms with Gasteiger partial charge in [-0.1, -0.05) is 42.0 Å². The van der Waals surface area contributed by atoms with Crippen LogP contribution >= 0.6 is 0 Å². The number of rotatable bonds is 4. The van der Waals surface area contributed by atoms with Gasteiger partial charge in [-0.25, -0.2) is 4.68 Å². The van der Waals surface area contributed by atoms with Gasteiger partial charge in [0, 0.05) is 12.0 Å². The molecule has 2 heteroatoms. The van der Waals surface area contributed by atoms with Crippen LogP contribution in [0.3, 0.4) is 0 Å². The lowest BCUT2D eigenvalue weighted by atomic mass is 10.1. The minimum atomic E-state index is 0.778. The summed E-state index contributed by atoms with van der Waals surface area (Å²) < 4.78 is 1.97. The molecular weight excluding hydrogens is 268 g/mol. The number of benzene rings is 2. The predicted octanol–water partition coefficient (Wildman–Crippen LogP) is 4.41. The van der Waals surface area contributed by atoms with Crippen LogP contribution in [-0.2, 0) is 6.42 Å². The van der Waals surface area contributed by atoms with E-state index in [-0.39, 0.29) is 0 Å². The molecule has 0 saturated heterocycles. The Hall–Kier alpha value is -2.79. The summed E-state index contributed by atoms with van der Waals surface area (Å²) in [6.45, 7) is 2.09. The fourth-order valence-electron chi connectivity index (χ4n) is 2.47. The number of terminal acetylenes is 1. The first-order chi connectivity index (χ1) is 10.8. The molecular formula is C20H18N2. The summed E-state index contributed by atoms with van der Waals surface area (Å²) in [5, 5.41) is 4.45. The Kier molecular flexibility index (Phi) is 4.07. The van der Waals surface area contributed by atoms with E-state index in [4.69, 9.17) is 6.42 Å². The van der Waals surface area contributed by atoms with E-state index in [0.29, 0.717) is 0 Å². The first-order valence-electron chi connectivity index (χ1n) is 7.42. The minimum Gasteiger partial charge on any atom is -0.233 e. The van der Waals surface area contributed by atoms with Crippen molar-refractivity contribution >= 4 is 0 Å². The maximum absolute atomic E-state index is 5.32. The van der Waals surface area contributed by atoms with Gasteiger partial charge >= 0.3 is 0 Å². The normalized spacial score (nSPS) is 10.4. The summed E-state index contributed by atoms with van der Waals surface area (Å²) >= 11 is 0. The van der Waals surface area contributed by atoms with Gasteiger partial charge in [0.2, 0.25) is 0 Å². The maximum Gasteiger partial charge on any atom is 0.0740 e. The van der Waals surface area contributed by atoms with E-state index >= 15 is 0 Å². The average Bonchev–Trinajstić information content (AvgIpc) is 3.04. The number of aromatic nitrogens is 2. The van der Waals surface area contributed by atoms with Crippen molar-refractivity contribution in [2.24, 2.45) is 0 Å². The van der Waals surface area contributed by atoms with E-state index < -0.39 is 0 Å². The predicted molar refractivity (Wildman–Crippen MR) is 90.9 cm³/mol. The molecule has 0 atom stereocenters. The zero-order chi connectivity index (χ0) is 15.4. The third kappa shape index (κ3) is 2.94. The van der Waals surface area contributed by atoms with Gasteiger partial charge in [0.25, 0.3) is 0 Å². The van der Waals surface area contributed by atoms with Crippen LogP contribution < -0.4 is 0 Å². The maximum atomic E-state index is 5.32. The SMILES string of the molecule is C#CCCc1ccc(-c2ccnn2-c2ccc(C)cc2)cc1. The van der Waals surface area contributed by atoms with Crippen LogP contribution in [0.2, 0.25) is 0 Å². The van der Waals surface area contributed by atoms with Crippen molar-refractivity contribution in [2.75, 3.05) is 0 Å². The second-order valence-corrected chi connectivity index (χ2v) is 5.36. The van der Waals surface area contributed by atoms with E-state index in [1.807, 2.05) is 16.9 Å². The number of nitrogens with zero attached hydrogens (tertiary/aromatic N) is 2. The van der Waals surface area contributed by atoms with Crippen molar-refractivity contribution in [3.05, 3.63) is 71.9 Å². The van der Waals surface area contributed by atoms with E-state index in [9.17, 15) is 0 Å². The van der Waals surface area contributed by atoms with E-state index in [1.165, 1.54) is 11.1 Å². The van der Waals surface area contributed by atoms with Gasteiger partial charge in [-0.3, -0.25) is 0 Å². The van der Waals surface area contributed by atoms with Crippen LogP contribution in [0.5, 0.6) is 0 Å². The zero-order valence-corrected chi connectivity index (χ0v) is 12.7. The molecule has 0 aliphatic carbocycles.